The highest BCUT2D eigenvalue weighted by Gasteiger charge is 2.18. The van der Waals surface area contributed by atoms with Crippen molar-refractivity contribution in [3.63, 3.8) is 0 Å². The molecule has 2 aliphatic heterocycles. The van der Waals surface area contributed by atoms with Crippen molar-refractivity contribution in [2.75, 3.05) is 69.7 Å². The molecule has 0 atom stereocenters. The third-order valence-corrected chi connectivity index (χ3v) is 7.06. The summed E-state index contributed by atoms with van der Waals surface area (Å²) in [6, 6.07) is 16.4. The highest BCUT2D eigenvalue weighted by Crippen LogP contribution is 2.28. The molecular weight excluding hydrogens is 481 g/mol. The molecule has 3 N–H and O–H groups in total. The molecule has 2 aromatic carbocycles. The van der Waals surface area contributed by atoms with Crippen LogP contribution in [0.5, 0.6) is 0 Å². The van der Waals surface area contributed by atoms with Gasteiger partial charge < -0.3 is 20.6 Å². The number of hydrogen-bond donors (Lipinski definition) is 3. The van der Waals surface area contributed by atoms with Crippen molar-refractivity contribution in [2.45, 2.75) is 25.7 Å². The number of piperazine rings is 1. The summed E-state index contributed by atoms with van der Waals surface area (Å²) in [6.45, 7) is 7.11. The van der Waals surface area contributed by atoms with Crippen LogP contribution in [0.15, 0.2) is 48.5 Å². The molecule has 0 bridgehead atoms. The van der Waals surface area contributed by atoms with E-state index >= 15 is 0 Å². The van der Waals surface area contributed by atoms with Crippen LogP contribution in [-0.2, 0) is 0 Å². The summed E-state index contributed by atoms with van der Waals surface area (Å²) in [7, 11) is 1.79. The molecule has 0 spiro atoms. The zero-order valence-corrected chi connectivity index (χ0v) is 22.2. The highest BCUT2D eigenvalue weighted by atomic mass is 19.1. The Morgan fingerprint density at radius 2 is 1.66 bits per heavy atom. The number of nitrogens with one attached hydrogen (secondary N) is 2. The third kappa shape index (κ3) is 7.10. The van der Waals surface area contributed by atoms with E-state index in [0.29, 0.717) is 11.4 Å². The molecule has 2 fully saturated rings. The van der Waals surface area contributed by atoms with E-state index in [2.05, 4.69) is 37.7 Å². The van der Waals surface area contributed by atoms with E-state index in [1.54, 1.807) is 17.8 Å². The standard InChI is InChI=1S/C23H25FN6O.C6H13N/c1-26-23-15-22(17-2-3-18(16-25)21(24)14-17)30(27-23)20-6-4-19(5-7-20)29-10-8-28(9-11-29)12-13-31;1-2-4-6-7-5-3-1/h2-7,14-15,31H,8-13H2,1H3,(H,26,27);7H,1-6H2. The first-order valence-electron chi connectivity index (χ1n) is 13.5. The SMILES string of the molecule is C1CCCNCC1.CNc1cc(-c2ccc(C#N)c(F)c2)n(-c2ccc(N3CCN(CCO)CC3)cc2)n1. The van der Waals surface area contributed by atoms with Crippen LogP contribution in [0.3, 0.4) is 0 Å². The molecule has 0 aliphatic carbocycles. The Morgan fingerprint density at radius 1 is 0.974 bits per heavy atom. The largest absolute Gasteiger partial charge is 0.395 e. The lowest BCUT2D eigenvalue weighted by molar-refractivity contribution is 0.189. The van der Waals surface area contributed by atoms with Gasteiger partial charge in [-0.15, -0.1) is 5.10 Å². The molecule has 0 radical (unpaired) electrons. The number of hydrogen-bond acceptors (Lipinski definition) is 7. The van der Waals surface area contributed by atoms with Gasteiger partial charge in [0.1, 0.15) is 17.7 Å². The summed E-state index contributed by atoms with van der Waals surface area (Å²) >= 11 is 0. The molecular formula is C29H38FN7O. The van der Waals surface area contributed by atoms with Crippen molar-refractivity contribution in [2.24, 2.45) is 0 Å². The van der Waals surface area contributed by atoms with Gasteiger partial charge in [-0.3, -0.25) is 4.90 Å². The maximum absolute atomic E-state index is 14.2. The van der Waals surface area contributed by atoms with E-state index in [9.17, 15) is 4.39 Å². The van der Waals surface area contributed by atoms with Gasteiger partial charge in [0.05, 0.1) is 23.6 Å². The second-order valence-corrected chi connectivity index (χ2v) is 9.62. The number of rotatable bonds is 6. The van der Waals surface area contributed by atoms with Gasteiger partial charge in [0.25, 0.3) is 0 Å². The molecule has 2 saturated heterocycles. The minimum Gasteiger partial charge on any atom is -0.395 e. The Labute approximate surface area is 224 Å². The maximum Gasteiger partial charge on any atom is 0.148 e. The summed E-state index contributed by atoms with van der Waals surface area (Å²) in [6.07, 6.45) is 5.65. The quantitative estimate of drug-likeness (QED) is 0.456. The van der Waals surface area contributed by atoms with Crippen molar-refractivity contribution < 1.29 is 9.50 Å². The first-order valence-corrected chi connectivity index (χ1v) is 13.5. The number of aliphatic hydroxyl groups excluding tert-OH is 1. The highest BCUT2D eigenvalue weighted by molar-refractivity contribution is 5.67. The first-order chi connectivity index (χ1) is 18.6. The minimum absolute atomic E-state index is 0.0205. The molecule has 3 heterocycles. The van der Waals surface area contributed by atoms with Crippen molar-refractivity contribution in [1.29, 1.82) is 5.26 Å². The Bertz CT molecular complexity index is 1180. The Kier molecular flexibility index (Phi) is 10.1. The van der Waals surface area contributed by atoms with Crippen LogP contribution in [0.25, 0.3) is 16.9 Å². The number of benzene rings is 2. The maximum atomic E-state index is 14.2. The summed E-state index contributed by atoms with van der Waals surface area (Å²) in [5.41, 5.74) is 3.41. The average molecular weight is 520 g/mol. The van der Waals surface area contributed by atoms with Gasteiger partial charge in [-0.2, -0.15) is 5.26 Å². The van der Waals surface area contributed by atoms with E-state index in [1.807, 2.05) is 24.3 Å². The molecule has 3 aromatic rings. The van der Waals surface area contributed by atoms with Crippen LogP contribution in [0.2, 0.25) is 0 Å². The average Bonchev–Trinajstić information content (AvgIpc) is 3.16. The van der Waals surface area contributed by atoms with E-state index < -0.39 is 5.82 Å². The second kappa shape index (κ2) is 13.9. The fourth-order valence-electron chi connectivity index (χ4n) is 4.83. The molecule has 38 heavy (non-hydrogen) atoms. The zero-order valence-electron chi connectivity index (χ0n) is 22.2. The Morgan fingerprint density at radius 3 is 2.26 bits per heavy atom. The lowest BCUT2D eigenvalue weighted by atomic mass is 10.1. The molecule has 0 saturated carbocycles. The van der Waals surface area contributed by atoms with Gasteiger partial charge >= 0.3 is 0 Å². The molecule has 202 valence electrons. The Balaban J connectivity index is 0.000000417. The predicted octanol–water partition coefficient (Wildman–Crippen LogP) is 3.86. The number of aliphatic hydroxyl groups is 1. The molecule has 1 aromatic heterocycles. The van der Waals surface area contributed by atoms with E-state index in [4.69, 9.17) is 10.4 Å². The first kappa shape index (κ1) is 27.6. The molecule has 5 rings (SSSR count). The van der Waals surface area contributed by atoms with Crippen LogP contribution >= 0.6 is 0 Å². The normalized spacial score (nSPS) is 16.2. The van der Waals surface area contributed by atoms with Crippen molar-refractivity contribution in [1.82, 2.24) is 20.0 Å². The molecule has 9 heteroatoms. The Hall–Kier alpha value is -3.45. The summed E-state index contributed by atoms with van der Waals surface area (Å²) in [5, 5.41) is 29.1. The molecule has 0 unspecified atom stereocenters. The number of aromatic nitrogens is 2. The smallest absolute Gasteiger partial charge is 0.148 e. The van der Waals surface area contributed by atoms with E-state index in [0.717, 1.165) is 49.8 Å². The fourth-order valence-corrected chi connectivity index (χ4v) is 4.83. The topological polar surface area (TPSA) is 92.4 Å². The van der Waals surface area contributed by atoms with Crippen LogP contribution < -0.4 is 15.5 Å². The number of halogens is 1. The van der Waals surface area contributed by atoms with Crippen LogP contribution in [0.1, 0.15) is 31.2 Å². The van der Waals surface area contributed by atoms with E-state index in [1.165, 1.54) is 50.9 Å². The fraction of sp³-hybridized carbons (Fsp3) is 0.448. The van der Waals surface area contributed by atoms with E-state index in [-0.39, 0.29) is 12.2 Å². The summed E-state index contributed by atoms with van der Waals surface area (Å²) in [5.74, 6) is 0.123. The lowest BCUT2D eigenvalue weighted by Gasteiger charge is -2.35. The van der Waals surface area contributed by atoms with Crippen LogP contribution in [-0.4, -0.2) is 79.3 Å². The van der Waals surface area contributed by atoms with Crippen LogP contribution in [0, 0.1) is 17.1 Å². The molecule has 2 aliphatic rings. The second-order valence-electron chi connectivity index (χ2n) is 9.62. The number of nitrogens with zero attached hydrogens (tertiary/aromatic N) is 5. The molecule has 0 amide bonds. The van der Waals surface area contributed by atoms with Crippen molar-refractivity contribution in [3.05, 3.63) is 59.9 Å². The van der Waals surface area contributed by atoms with Crippen molar-refractivity contribution >= 4 is 11.5 Å². The van der Waals surface area contributed by atoms with Crippen LogP contribution in [0.4, 0.5) is 15.9 Å². The number of nitriles is 1. The summed E-state index contributed by atoms with van der Waals surface area (Å²) in [4.78, 5) is 4.59. The lowest BCUT2D eigenvalue weighted by Crippen LogP contribution is -2.47. The number of anilines is 2. The summed E-state index contributed by atoms with van der Waals surface area (Å²) < 4.78 is 16.0. The predicted molar refractivity (Wildman–Crippen MR) is 150 cm³/mol. The number of β-amino-alcohol motifs (C(OH)–C–C–N with tert-alkyl or cyclic N) is 1. The van der Waals surface area contributed by atoms with Gasteiger partial charge in [-0.25, -0.2) is 9.07 Å². The molecule has 8 nitrogen and oxygen atoms in total. The van der Waals surface area contributed by atoms with Gasteiger partial charge in [0.2, 0.25) is 0 Å². The van der Waals surface area contributed by atoms with Crippen molar-refractivity contribution in [3.8, 4) is 23.0 Å². The monoisotopic (exact) mass is 519 g/mol. The zero-order chi connectivity index (χ0) is 26.7. The minimum atomic E-state index is -0.547. The van der Waals surface area contributed by atoms with Gasteiger partial charge in [0.15, 0.2) is 0 Å². The van der Waals surface area contributed by atoms with Gasteiger partial charge in [-0.05, 0) is 62.3 Å². The third-order valence-electron chi connectivity index (χ3n) is 7.06. The van der Waals surface area contributed by atoms with Gasteiger partial charge in [-0.1, -0.05) is 18.9 Å². The van der Waals surface area contributed by atoms with Gasteiger partial charge in [0, 0.05) is 57.1 Å².